The third-order valence-corrected chi connectivity index (χ3v) is 14.4. The Kier molecular flexibility index (Phi) is 8.38. The number of hydrogen-bond acceptors (Lipinski definition) is 3. The van der Waals surface area contributed by atoms with Gasteiger partial charge in [0.2, 0.25) is 5.91 Å². The van der Waals surface area contributed by atoms with Gasteiger partial charge in [0, 0.05) is 28.5 Å². The van der Waals surface area contributed by atoms with Crippen molar-refractivity contribution in [2.24, 2.45) is 0 Å². The van der Waals surface area contributed by atoms with Crippen LogP contribution in [0.5, 0.6) is 0 Å². The van der Waals surface area contributed by atoms with Gasteiger partial charge in [-0.3, -0.25) is 4.79 Å². The zero-order valence-electron chi connectivity index (χ0n) is 21.4. The van der Waals surface area contributed by atoms with E-state index < -0.39 is 13.2 Å². The van der Waals surface area contributed by atoms with Crippen molar-refractivity contribution in [2.75, 3.05) is 11.5 Å². The Labute approximate surface area is 235 Å². The van der Waals surface area contributed by atoms with Crippen molar-refractivity contribution in [3.05, 3.63) is 151 Å². The number of benzene rings is 5. The highest BCUT2D eigenvalue weighted by atomic mass is 32.4. The number of anilines is 1. The van der Waals surface area contributed by atoms with Gasteiger partial charge >= 0.3 is 0 Å². The summed E-state index contributed by atoms with van der Waals surface area (Å²) in [5, 5.41) is 6.69. The lowest BCUT2D eigenvalue weighted by Crippen LogP contribution is -2.26. The molecule has 39 heavy (non-hydrogen) atoms. The Balaban J connectivity index is 1.47. The monoisotopic (exact) mass is 565 g/mol. The molecule has 6 heteroatoms. The lowest BCUT2D eigenvalue weighted by atomic mass is 10.2. The molecule has 0 heterocycles. The van der Waals surface area contributed by atoms with Gasteiger partial charge in [0.05, 0.1) is 6.16 Å². The molecule has 194 valence electrons. The lowest BCUT2D eigenvalue weighted by Gasteiger charge is -2.25. The first-order valence-corrected chi connectivity index (χ1v) is 17.7. The molecule has 5 aromatic carbocycles. The summed E-state index contributed by atoms with van der Waals surface area (Å²) in [6.45, 7) is 0. The van der Waals surface area contributed by atoms with Crippen molar-refractivity contribution < 1.29 is 9.36 Å². The second-order valence-corrected chi connectivity index (χ2v) is 16.9. The normalized spacial score (nSPS) is 11.6. The number of amides is 1. The molecule has 0 unspecified atom stereocenters. The van der Waals surface area contributed by atoms with E-state index in [1.54, 1.807) is 0 Å². The summed E-state index contributed by atoms with van der Waals surface area (Å²) in [4.78, 5) is 13.5. The molecular formula is C33H29NO2P2S. The average Bonchev–Trinajstić information content (AvgIpc) is 3.00. The van der Waals surface area contributed by atoms with E-state index in [0.29, 0.717) is 22.5 Å². The summed E-state index contributed by atoms with van der Waals surface area (Å²) in [5.41, 5.74) is 1.67. The summed E-state index contributed by atoms with van der Waals surface area (Å²) in [5.74, 6) is -0.286. The van der Waals surface area contributed by atoms with Crippen LogP contribution >= 0.6 is 13.2 Å². The maximum Gasteiger partial charge on any atom is 0.232 e. The standard InChI is InChI=1S/C33H29NO2P2S/c35-33(26-37(36,28-16-5-1-6-17-28)29-18-7-2-8-19-29)34-32-24-14-13-15-27(32)25-38(39,30-20-9-3-10-21-30)31-22-11-4-12-23-31/h1-24H,25-26H2,(H,34,35). The molecule has 1 amide bonds. The Bertz CT molecular complexity index is 1560. The zero-order chi connectivity index (χ0) is 27.1. The van der Waals surface area contributed by atoms with Crippen molar-refractivity contribution in [2.45, 2.75) is 6.16 Å². The van der Waals surface area contributed by atoms with Gasteiger partial charge in [-0.05, 0) is 22.2 Å². The third-order valence-electron chi connectivity index (χ3n) is 6.74. The predicted molar refractivity (Wildman–Crippen MR) is 170 cm³/mol. The van der Waals surface area contributed by atoms with Crippen LogP contribution in [0.1, 0.15) is 5.56 Å². The van der Waals surface area contributed by atoms with Gasteiger partial charge in [0.1, 0.15) is 0 Å². The quantitative estimate of drug-likeness (QED) is 0.214. The van der Waals surface area contributed by atoms with Crippen molar-refractivity contribution in [1.29, 1.82) is 0 Å². The molecule has 5 aromatic rings. The number of carbonyl (C=O) groups excluding carboxylic acids is 1. The van der Waals surface area contributed by atoms with E-state index >= 15 is 0 Å². The van der Waals surface area contributed by atoms with Gasteiger partial charge in [-0.2, -0.15) is 0 Å². The second kappa shape index (κ2) is 12.1. The molecule has 0 saturated carbocycles. The van der Waals surface area contributed by atoms with Crippen molar-refractivity contribution in [1.82, 2.24) is 0 Å². The molecule has 0 bridgehead atoms. The van der Waals surface area contributed by atoms with Gasteiger partial charge in [-0.1, -0.05) is 151 Å². The van der Waals surface area contributed by atoms with Crippen molar-refractivity contribution in [3.63, 3.8) is 0 Å². The molecule has 0 fully saturated rings. The van der Waals surface area contributed by atoms with Gasteiger partial charge in [0.15, 0.2) is 7.14 Å². The maximum absolute atomic E-state index is 14.4. The van der Waals surface area contributed by atoms with E-state index in [-0.39, 0.29) is 12.1 Å². The highest BCUT2D eigenvalue weighted by molar-refractivity contribution is 8.21. The van der Waals surface area contributed by atoms with Crippen LogP contribution in [0, 0.1) is 0 Å². The largest absolute Gasteiger partial charge is 0.325 e. The van der Waals surface area contributed by atoms with Gasteiger partial charge in [0.25, 0.3) is 0 Å². The van der Waals surface area contributed by atoms with Crippen LogP contribution < -0.4 is 26.5 Å². The fourth-order valence-corrected chi connectivity index (χ4v) is 11.1. The van der Waals surface area contributed by atoms with Crippen LogP contribution in [0.4, 0.5) is 5.69 Å². The molecule has 3 nitrogen and oxygen atoms in total. The summed E-state index contributed by atoms with van der Waals surface area (Å²) in [6, 6.07) is 44.7. The Morgan fingerprint density at radius 1 is 0.564 bits per heavy atom. The summed E-state index contributed by atoms with van der Waals surface area (Å²) >= 11 is 6.46. The first-order valence-electron chi connectivity index (χ1n) is 12.8. The minimum atomic E-state index is -3.19. The number of rotatable bonds is 9. The average molecular weight is 566 g/mol. The Hall–Kier alpha value is -3.55. The number of carbonyl (C=O) groups is 1. The summed E-state index contributed by atoms with van der Waals surface area (Å²) in [6.07, 6.45) is 0.489. The molecule has 0 aromatic heterocycles. The van der Waals surface area contributed by atoms with E-state index in [1.807, 2.05) is 121 Å². The predicted octanol–water partition coefficient (Wildman–Crippen LogP) is 6.27. The second-order valence-electron chi connectivity index (χ2n) is 9.34. The van der Waals surface area contributed by atoms with Gasteiger partial charge in [-0.25, -0.2) is 0 Å². The Morgan fingerprint density at radius 2 is 0.949 bits per heavy atom. The van der Waals surface area contributed by atoms with Gasteiger partial charge in [-0.15, -0.1) is 0 Å². The van der Waals surface area contributed by atoms with Crippen molar-refractivity contribution >= 4 is 57.8 Å². The molecule has 0 spiro atoms. The molecule has 0 radical (unpaired) electrons. The fourth-order valence-electron chi connectivity index (χ4n) is 4.75. The molecule has 0 aliphatic carbocycles. The zero-order valence-corrected chi connectivity index (χ0v) is 24.0. The lowest BCUT2D eigenvalue weighted by molar-refractivity contribution is -0.113. The number of para-hydroxylation sites is 1. The maximum atomic E-state index is 14.4. The first-order chi connectivity index (χ1) is 19.0. The van der Waals surface area contributed by atoms with Crippen LogP contribution in [0.2, 0.25) is 0 Å². The summed E-state index contributed by atoms with van der Waals surface area (Å²) < 4.78 is 14.4. The SMILES string of the molecule is O=C(CP(=O)(c1ccccc1)c1ccccc1)Nc1ccccc1CP(=S)(c1ccccc1)c1ccccc1. The summed E-state index contributed by atoms with van der Waals surface area (Å²) in [7, 11) is -3.19. The molecule has 0 atom stereocenters. The van der Waals surface area contributed by atoms with E-state index in [2.05, 4.69) is 29.6 Å². The van der Waals surface area contributed by atoms with Crippen LogP contribution in [-0.4, -0.2) is 12.1 Å². The van der Waals surface area contributed by atoms with Crippen LogP contribution in [0.15, 0.2) is 146 Å². The van der Waals surface area contributed by atoms with Crippen molar-refractivity contribution in [3.8, 4) is 0 Å². The van der Waals surface area contributed by atoms with Crippen LogP contribution in [-0.2, 0) is 27.3 Å². The van der Waals surface area contributed by atoms with E-state index in [1.165, 1.54) is 0 Å². The van der Waals surface area contributed by atoms with E-state index in [9.17, 15) is 9.36 Å². The highest BCUT2D eigenvalue weighted by Crippen LogP contribution is 2.48. The topological polar surface area (TPSA) is 46.2 Å². The minimum Gasteiger partial charge on any atom is -0.325 e. The molecule has 5 rings (SSSR count). The van der Waals surface area contributed by atoms with Crippen LogP contribution in [0.3, 0.4) is 0 Å². The smallest absolute Gasteiger partial charge is 0.232 e. The van der Waals surface area contributed by atoms with E-state index in [0.717, 1.165) is 16.2 Å². The highest BCUT2D eigenvalue weighted by Gasteiger charge is 2.31. The number of nitrogens with one attached hydrogen (secondary N) is 1. The molecule has 0 aliphatic rings. The first kappa shape index (κ1) is 27.0. The van der Waals surface area contributed by atoms with Gasteiger partial charge < -0.3 is 9.88 Å². The van der Waals surface area contributed by atoms with E-state index in [4.69, 9.17) is 11.8 Å². The third kappa shape index (κ3) is 6.05. The molecule has 0 aliphatic heterocycles. The van der Waals surface area contributed by atoms with Crippen LogP contribution in [0.25, 0.3) is 0 Å². The fraction of sp³-hybridized carbons (Fsp3) is 0.0606. The molecule has 1 N–H and O–H groups in total. The minimum absolute atomic E-state index is 0.124. The molecule has 0 saturated heterocycles. The Morgan fingerprint density at radius 3 is 1.41 bits per heavy atom. The number of hydrogen-bond donors (Lipinski definition) is 1. The molecular weight excluding hydrogens is 536 g/mol.